The standard InChI is InChI=1S/C24H23N3O4/c1-17(28)21-10-6-7-11-22(21)26-24(30)18(2)31-23(29)13-12-20-14-25-27(16-20)15-19-8-4-3-5-9-19/h3-14,16,18H,15H2,1-2H3,(H,26,30)/b13-12+/t18-/m0/s1. The van der Waals surface area contributed by atoms with Gasteiger partial charge in [-0.2, -0.15) is 5.10 Å². The maximum atomic E-state index is 12.3. The van der Waals surface area contributed by atoms with Crippen molar-refractivity contribution in [2.24, 2.45) is 0 Å². The summed E-state index contributed by atoms with van der Waals surface area (Å²) in [7, 11) is 0. The molecule has 0 aliphatic rings. The summed E-state index contributed by atoms with van der Waals surface area (Å²) in [4.78, 5) is 36.1. The third-order valence-corrected chi connectivity index (χ3v) is 4.48. The Balaban J connectivity index is 1.54. The highest BCUT2D eigenvalue weighted by atomic mass is 16.5. The summed E-state index contributed by atoms with van der Waals surface area (Å²) >= 11 is 0. The summed E-state index contributed by atoms with van der Waals surface area (Å²) < 4.78 is 6.93. The van der Waals surface area contributed by atoms with Gasteiger partial charge in [0.2, 0.25) is 0 Å². The van der Waals surface area contributed by atoms with E-state index in [1.165, 1.54) is 19.9 Å². The minimum Gasteiger partial charge on any atom is -0.449 e. The second-order valence-electron chi connectivity index (χ2n) is 6.96. The van der Waals surface area contributed by atoms with Crippen molar-refractivity contribution in [1.82, 2.24) is 9.78 Å². The van der Waals surface area contributed by atoms with Crippen molar-refractivity contribution in [3.63, 3.8) is 0 Å². The van der Waals surface area contributed by atoms with E-state index in [0.717, 1.165) is 11.1 Å². The van der Waals surface area contributed by atoms with E-state index in [1.807, 2.05) is 36.5 Å². The number of carbonyl (C=O) groups is 3. The van der Waals surface area contributed by atoms with Gasteiger partial charge in [-0.05, 0) is 37.6 Å². The zero-order valence-corrected chi connectivity index (χ0v) is 17.3. The highest BCUT2D eigenvalue weighted by Crippen LogP contribution is 2.16. The van der Waals surface area contributed by atoms with Crippen LogP contribution in [0, 0.1) is 0 Å². The average Bonchev–Trinajstić information content (AvgIpc) is 3.20. The number of rotatable bonds is 8. The summed E-state index contributed by atoms with van der Waals surface area (Å²) in [6.07, 6.45) is 5.24. The van der Waals surface area contributed by atoms with E-state index in [9.17, 15) is 14.4 Å². The molecule has 0 radical (unpaired) electrons. The molecule has 0 bridgehead atoms. The maximum Gasteiger partial charge on any atom is 0.331 e. The van der Waals surface area contributed by atoms with Gasteiger partial charge in [0.25, 0.3) is 5.91 Å². The molecule has 3 aromatic rings. The van der Waals surface area contributed by atoms with E-state index < -0.39 is 18.0 Å². The molecule has 7 nitrogen and oxygen atoms in total. The number of para-hydroxylation sites is 1. The van der Waals surface area contributed by atoms with Crippen LogP contribution in [0.2, 0.25) is 0 Å². The molecule has 0 aliphatic heterocycles. The molecule has 1 aromatic heterocycles. The highest BCUT2D eigenvalue weighted by molar-refractivity contribution is 6.05. The first-order valence-corrected chi connectivity index (χ1v) is 9.78. The number of ether oxygens (including phenoxy) is 1. The SMILES string of the molecule is CC(=O)c1ccccc1NC(=O)[C@H](C)OC(=O)/C=C/c1cnn(Cc2ccccc2)c1. The third kappa shape index (κ3) is 6.24. The molecule has 31 heavy (non-hydrogen) atoms. The van der Waals surface area contributed by atoms with Crippen LogP contribution in [0.4, 0.5) is 5.69 Å². The molecular weight excluding hydrogens is 394 g/mol. The number of benzene rings is 2. The van der Waals surface area contributed by atoms with E-state index in [2.05, 4.69) is 10.4 Å². The number of esters is 1. The smallest absolute Gasteiger partial charge is 0.331 e. The van der Waals surface area contributed by atoms with Gasteiger partial charge in [-0.1, -0.05) is 42.5 Å². The Morgan fingerprint density at radius 3 is 2.55 bits per heavy atom. The number of aromatic nitrogens is 2. The fraction of sp³-hybridized carbons (Fsp3) is 0.167. The predicted molar refractivity (Wildman–Crippen MR) is 117 cm³/mol. The quantitative estimate of drug-likeness (QED) is 0.343. The zero-order valence-electron chi connectivity index (χ0n) is 17.3. The Morgan fingerprint density at radius 1 is 1.10 bits per heavy atom. The summed E-state index contributed by atoms with van der Waals surface area (Å²) in [5, 5.41) is 6.89. The van der Waals surface area contributed by atoms with Crippen LogP contribution in [0.5, 0.6) is 0 Å². The number of ketones is 1. The average molecular weight is 417 g/mol. The van der Waals surface area contributed by atoms with Crippen LogP contribution in [0.1, 0.15) is 35.3 Å². The topological polar surface area (TPSA) is 90.3 Å². The first-order chi connectivity index (χ1) is 14.9. The zero-order chi connectivity index (χ0) is 22.2. The predicted octanol–water partition coefficient (Wildman–Crippen LogP) is 3.72. The number of hydrogen-bond acceptors (Lipinski definition) is 5. The molecule has 3 rings (SSSR count). The van der Waals surface area contributed by atoms with Gasteiger partial charge in [0, 0.05) is 23.4 Å². The number of anilines is 1. The van der Waals surface area contributed by atoms with Gasteiger partial charge in [-0.15, -0.1) is 0 Å². The lowest BCUT2D eigenvalue weighted by Crippen LogP contribution is -2.30. The van der Waals surface area contributed by atoms with Crippen LogP contribution in [0.25, 0.3) is 6.08 Å². The van der Waals surface area contributed by atoms with Gasteiger partial charge in [0.15, 0.2) is 11.9 Å². The van der Waals surface area contributed by atoms with Crippen LogP contribution >= 0.6 is 0 Å². The minimum absolute atomic E-state index is 0.170. The van der Waals surface area contributed by atoms with Crippen molar-refractivity contribution in [2.75, 3.05) is 5.32 Å². The van der Waals surface area contributed by atoms with Crippen LogP contribution in [-0.4, -0.2) is 33.5 Å². The number of Topliss-reactive ketones (excluding diaryl/α,β-unsaturated/α-hetero) is 1. The normalized spacial score (nSPS) is 11.8. The second-order valence-corrected chi connectivity index (χ2v) is 6.96. The fourth-order valence-corrected chi connectivity index (χ4v) is 2.89. The van der Waals surface area contributed by atoms with E-state index in [0.29, 0.717) is 17.8 Å². The van der Waals surface area contributed by atoms with Gasteiger partial charge in [0.05, 0.1) is 18.4 Å². The van der Waals surface area contributed by atoms with E-state index >= 15 is 0 Å². The van der Waals surface area contributed by atoms with Crippen LogP contribution < -0.4 is 5.32 Å². The lowest BCUT2D eigenvalue weighted by molar-refractivity contribution is -0.148. The number of amides is 1. The molecule has 0 fully saturated rings. The minimum atomic E-state index is -1.03. The molecule has 158 valence electrons. The Morgan fingerprint density at radius 2 is 1.81 bits per heavy atom. The molecule has 0 spiro atoms. The number of nitrogens with one attached hydrogen (secondary N) is 1. The van der Waals surface area contributed by atoms with E-state index in [4.69, 9.17) is 4.74 Å². The summed E-state index contributed by atoms with van der Waals surface area (Å²) in [5.74, 6) is -1.35. The maximum absolute atomic E-state index is 12.3. The number of hydrogen-bond donors (Lipinski definition) is 1. The summed E-state index contributed by atoms with van der Waals surface area (Å²) in [6, 6.07) is 16.6. The number of carbonyl (C=O) groups excluding carboxylic acids is 3. The summed E-state index contributed by atoms with van der Waals surface area (Å²) in [5.41, 5.74) is 2.62. The van der Waals surface area contributed by atoms with Gasteiger partial charge >= 0.3 is 5.97 Å². The summed E-state index contributed by atoms with van der Waals surface area (Å²) in [6.45, 7) is 3.51. The lowest BCUT2D eigenvalue weighted by Gasteiger charge is -2.14. The fourth-order valence-electron chi connectivity index (χ4n) is 2.89. The molecule has 1 heterocycles. The Bertz CT molecular complexity index is 1100. The first kappa shape index (κ1) is 21.7. The molecule has 7 heteroatoms. The third-order valence-electron chi connectivity index (χ3n) is 4.48. The van der Waals surface area contributed by atoms with E-state index in [1.54, 1.807) is 41.2 Å². The first-order valence-electron chi connectivity index (χ1n) is 9.78. The lowest BCUT2D eigenvalue weighted by atomic mass is 10.1. The van der Waals surface area contributed by atoms with Gasteiger partial charge in [-0.25, -0.2) is 4.79 Å². The molecule has 0 saturated carbocycles. The molecule has 0 saturated heterocycles. The Kier molecular flexibility index (Phi) is 7.11. The number of nitrogens with zero attached hydrogens (tertiary/aromatic N) is 2. The Hall–Kier alpha value is -4.00. The monoisotopic (exact) mass is 417 g/mol. The second kappa shape index (κ2) is 10.2. The van der Waals surface area contributed by atoms with Crippen LogP contribution in [0.15, 0.2) is 73.1 Å². The molecule has 1 amide bonds. The van der Waals surface area contributed by atoms with Gasteiger partial charge < -0.3 is 10.1 Å². The molecule has 0 aliphatic carbocycles. The van der Waals surface area contributed by atoms with Gasteiger partial charge in [-0.3, -0.25) is 14.3 Å². The van der Waals surface area contributed by atoms with Crippen molar-refractivity contribution in [2.45, 2.75) is 26.5 Å². The van der Waals surface area contributed by atoms with Crippen molar-refractivity contribution in [1.29, 1.82) is 0 Å². The van der Waals surface area contributed by atoms with Crippen molar-refractivity contribution >= 4 is 29.4 Å². The molecule has 0 unspecified atom stereocenters. The molecule has 1 atom stereocenters. The molecule has 2 aromatic carbocycles. The van der Waals surface area contributed by atoms with Crippen molar-refractivity contribution < 1.29 is 19.1 Å². The molecule has 1 N–H and O–H groups in total. The Labute approximate surface area is 180 Å². The van der Waals surface area contributed by atoms with Gasteiger partial charge in [0.1, 0.15) is 0 Å². The van der Waals surface area contributed by atoms with Crippen LogP contribution in [-0.2, 0) is 20.9 Å². The largest absolute Gasteiger partial charge is 0.449 e. The van der Waals surface area contributed by atoms with Crippen molar-refractivity contribution in [3.8, 4) is 0 Å². The van der Waals surface area contributed by atoms with Crippen LogP contribution in [0.3, 0.4) is 0 Å². The van der Waals surface area contributed by atoms with Crippen molar-refractivity contribution in [3.05, 3.63) is 89.8 Å². The van der Waals surface area contributed by atoms with E-state index in [-0.39, 0.29) is 5.78 Å². The highest BCUT2D eigenvalue weighted by Gasteiger charge is 2.18. The molecular formula is C24H23N3O4.